The zero-order chi connectivity index (χ0) is 23.2. The molecule has 33 heavy (non-hydrogen) atoms. The molecular formula is C26H27N5O2. The van der Waals surface area contributed by atoms with E-state index in [4.69, 9.17) is 4.74 Å². The van der Waals surface area contributed by atoms with Gasteiger partial charge in [0.15, 0.2) is 0 Å². The topological polar surface area (TPSA) is 88.2 Å². The number of carbonyl (C=O) groups excluding carboxylic acids is 1. The summed E-state index contributed by atoms with van der Waals surface area (Å²) in [5.74, 6) is 2.52. The molecule has 4 aromatic rings. The third kappa shape index (κ3) is 5.20. The van der Waals surface area contributed by atoms with E-state index < -0.39 is 0 Å². The lowest BCUT2D eigenvalue weighted by Crippen LogP contribution is -2.14. The van der Waals surface area contributed by atoms with Gasteiger partial charge in [-0.05, 0) is 61.9 Å². The van der Waals surface area contributed by atoms with Gasteiger partial charge in [0, 0.05) is 24.0 Å². The van der Waals surface area contributed by atoms with Crippen LogP contribution in [0.4, 0.5) is 23.0 Å². The number of ether oxygens (including phenoxy) is 1. The van der Waals surface area contributed by atoms with Gasteiger partial charge in [0.25, 0.3) is 5.91 Å². The van der Waals surface area contributed by atoms with Crippen molar-refractivity contribution in [2.75, 3.05) is 29.1 Å². The molecule has 168 valence electrons. The Kier molecular flexibility index (Phi) is 6.69. The molecule has 0 bridgehead atoms. The summed E-state index contributed by atoms with van der Waals surface area (Å²) in [6, 6.07) is 21.0. The summed E-state index contributed by atoms with van der Waals surface area (Å²) in [6.07, 6.45) is 0. The molecule has 3 N–H and O–H groups in total. The van der Waals surface area contributed by atoms with Crippen LogP contribution in [0.3, 0.4) is 0 Å². The Hall–Kier alpha value is -4.13. The number of anilines is 4. The van der Waals surface area contributed by atoms with Gasteiger partial charge in [0.1, 0.15) is 23.2 Å². The number of aryl methyl sites for hydroxylation is 1. The highest BCUT2D eigenvalue weighted by Crippen LogP contribution is 2.29. The fraction of sp³-hybridized carbons (Fsp3) is 0.192. The Bertz CT molecular complexity index is 1270. The van der Waals surface area contributed by atoms with Crippen molar-refractivity contribution in [1.82, 2.24) is 9.97 Å². The fourth-order valence-corrected chi connectivity index (χ4v) is 3.64. The summed E-state index contributed by atoms with van der Waals surface area (Å²) in [6.45, 7) is 7.05. The molecule has 1 aromatic heterocycles. The Morgan fingerprint density at radius 2 is 1.64 bits per heavy atom. The minimum Gasteiger partial charge on any atom is -0.493 e. The summed E-state index contributed by atoms with van der Waals surface area (Å²) in [4.78, 5) is 22.0. The third-order valence-electron chi connectivity index (χ3n) is 5.03. The first-order valence-corrected chi connectivity index (χ1v) is 11.0. The monoisotopic (exact) mass is 441 g/mol. The van der Waals surface area contributed by atoms with Crippen molar-refractivity contribution in [2.24, 2.45) is 0 Å². The van der Waals surface area contributed by atoms with Gasteiger partial charge in [-0.1, -0.05) is 30.3 Å². The van der Waals surface area contributed by atoms with E-state index in [0.29, 0.717) is 35.2 Å². The van der Waals surface area contributed by atoms with Crippen LogP contribution in [0.2, 0.25) is 0 Å². The molecule has 0 aliphatic rings. The number of aromatic nitrogens is 2. The molecule has 0 fully saturated rings. The molecular weight excluding hydrogens is 414 g/mol. The van der Waals surface area contributed by atoms with Crippen LogP contribution in [-0.2, 0) is 0 Å². The van der Waals surface area contributed by atoms with Crippen LogP contribution in [0.25, 0.3) is 10.8 Å². The zero-order valence-electron chi connectivity index (χ0n) is 19.0. The lowest BCUT2D eigenvalue weighted by molar-refractivity contribution is 0.102. The molecule has 3 aromatic carbocycles. The summed E-state index contributed by atoms with van der Waals surface area (Å²) in [5.41, 5.74) is 2.08. The minimum atomic E-state index is -0.210. The second-order valence-corrected chi connectivity index (χ2v) is 7.47. The largest absolute Gasteiger partial charge is 0.493 e. The number of nitrogens with one attached hydrogen (secondary N) is 3. The Balaban J connectivity index is 1.53. The van der Waals surface area contributed by atoms with Crippen LogP contribution < -0.4 is 20.7 Å². The zero-order valence-corrected chi connectivity index (χ0v) is 19.0. The highest BCUT2D eigenvalue weighted by atomic mass is 16.5. The predicted molar refractivity (Wildman–Crippen MR) is 134 cm³/mol. The van der Waals surface area contributed by atoms with Crippen molar-refractivity contribution in [3.8, 4) is 5.75 Å². The number of amides is 1. The Labute approximate surface area is 193 Å². The average molecular weight is 442 g/mol. The average Bonchev–Trinajstić information content (AvgIpc) is 2.80. The number of fused-ring (bicyclic) bond motifs is 1. The molecule has 0 unspecified atom stereocenters. The molecule has 4 rings (SSSR count). The van der Waals surface area contributed by atoms with Gasteiger partial charge < -0.3 is 20.7 Å². The van der Waals surface area contributed by atoms with E-state index in [9.17, 15) is 4.79 Å². The first-order valence-electron chi connectivity index (χ1n) is 11.0. The predicted octanol–water partition coefficient (Wildman–Crippen LogP) is 5.76. The van der Waals surface area contributed by atoms with Gasteiger partial charge >= 0.3 is 0 Å². The minimum absolute atomic E-state index is 0.210. The fourth-order valence-electron chi connectivity index (χ4n) is 3.64. The lowest BCUT2D eigenvalue weighted by atomic mass is 10.0. The third-order valence-corrected chi connectivity index (χ3v) is 5.03. The highest BCUT2D eigenvalue weighted by Gasteiger charge is 2.17. The van der Waals surface area contributed by atoms with Crippen molar-refractivity contribution >= 4 is 39.7 Å². The second kappa shape index (κ2) is 9.99. The van der Waals surface area contributed by atoms with Crippen molar-refractivity contribution in [3.63, 3.8) is 0 Å². The van der Waals surface area contributed by atoms with Crippen molar-refractivity contribution < 1.29 is 9.53 Å². The standard InChI is InChI=1S/C26H27N5O2/c1-4-27-23-16-24(29-17(3)28-23)30-19-11-13-20(14-12-19)31-26(32)25-21-9-7-6-8-18(21)10-15-22(25)33-5-2/h6-16H,4-5H2,1-3H3,(H,31,32)(H2,27,28,29,30). The maximum atomic E-state index is 13.2. The van der Waals surface area contributed by atoms with Gasteiger partial charge in [-0.2, -0.15) is 0 Å². The summed E-state index contributed by atoms with van der Waals surface area (Å²) < 4.78 is 5.74. The van der Waals surface area contributed by atoms with Crippen LogP contribution in [-0.4, -0.2) is 29.0 Å². The SMILES string of the molecule is CCNc1cc(Nc2ccc(NC(=O)c3c(OCC)ccc4ccccc34)cc2)nc(C)n1. The summed E-state index contributed by atoms with van der Waals surface area (Å²) in [5, 5.41) is 11.3. The molecule has 0 radical (unpaired) electrons. The molecule has 1 heterocycles. The quantitative estimate of drug-likeness (QED) is 0.322. The second-order valence-electron chi connectivity index (χ2n) is 7.47. The van der Waals surface area contributed by atoms with E-state index in [1.165, 1.54) is 0 Å². The van der Waals surface area contributed by atoms with Gasteiger partial charge in [0.2, 0.25) is 0 Å². The highest BCUT2D eigenvalue weighted by molar-refractivity contribution is 6.15. The van der Waals surface area contributed by atoms with Crippen molar-refractivity contribution in [1.29, 1.82) is 0 Å². The molecule has 0 atom stereocenters. The Morgan fingerprint density at radius 3 is 2.39 bits per heavy atom. The molecule has 0 aliphatic carbocycles. The number of carbonyl (C=O) groups is 1. The van der Waals surface area contributed by atoms with Gasteiger partial charge in [-0.25, -0.2) is 9.97 Å². The molecule has 7 nitrogen and oxygen atoms in total. The smallest absolute Gasteiger partial charge is 0.260 e. The van der Waals surface area contributed by atoms with Crippen LogP contribution in [0, 0.1) is 6.92 Å². The summed E-state index contributed by atoms with van der Waals surface area (Å²) in [7, 11) is 0. The van der Waals surface area contributed by atoms with Crippen LogP contribution in [0.15, 0.2) is 66.7 Å². The number of hydrogen-bond acceptors (Lipinski definition) is 6. The molecule has 7 heteroatoms. The van der Waals surface area contributed by atoms with Gasteiger partial charge in [0.05, 0.1) is 12.2 Å². The number of benzene rings is 3. The van der Waals surface area contributed by atoms with E-state index >= 15 is 0 Å². The first-order chi connectivity index (χ1) is 16.1. The van der Waals surface area contributed by atoms with E-state index in [1.54, 1.807) is 0 Å². The first kappa shape index (κ1) is 22.1. The molecule has 0 aliphatic heterocycles. The number of nitrogens with zero attached hydrogens (tertiary/aromatic N) is 2. The normalized spacial score (nSPS) is 10.6. The van der Waals surface area contributed by atoms with Crippen LogP contribution in [0.1, 0.15) is 30.0 Å². The van der Waals surface area contributed by atoms with E-state index in [0.717, 1.165) is 28.8 Å². The Morgan fingerprint density at radius 1 is 0.909 bits per heavy atom. The maximum Gasteiger partial charge on any atom is 0.260 e. The van der Waals surface area contributed by atoms with Crippen molar-refractivity contribution in [3.05, 3.63) is 78.1 Å². The molecule has 0 saturated heterocycles. The van der Waals surface area contributed by atoms with Gasteiger partial charge in [-0.15, -0.1) is 0 Å². The van der Waals surface area contributed by atoms with Crippen LogP contribution in [0.5, 0.6) is 5.75 Å². The van der Waals surface area contributed by atoms with E-state index in [1.807, 2.05) is 87.5 Å². The maximum absolute atomic E-state index is 13.2. The molecule has 0 spiro atoms. The van der Waals surface area contributed by atoms with Crippen molar-refractivity contribution in [2.45, 2.75) is 20.8 Å². The number of rotatable bonds is 8. The van der Waals surface area contributed by atoms with E-state index in [-0.39, 0.29) is 5.91 Å². The number of hydrogen-bond donors (Lipinski definition) is 3. The molecule has 1 amide bonds. The molecule has 0 saturated carbocycles. The van der Waals surface area contributed by atoms with Gasteiger partial charge in [-0.3, -0.25) is 4.79 Å². The van der Waals surface area contributed by atoms with Crippen LogP contribution >= 0.6 is 0 Å². The summed E-state index contributed by atoms with van der Waals surface area (Å²) >= 11 is 0. The van der Waals surface area contributed by atoms with E-state index in [2.05, 4.69) is 25.9 Å². The lowest BCUT2D eigenvalue weighted by Gasteiger charge is -2.14.